The first-order valence-electron chi connectivity index (χ1n) is 8.78. The molecule has 8 nitrogen and oxygen atoms in total. The van der Waals surface area contributed by atoms with Crippen molar-refractivity contribution in [2.75, 3.05) is 51.5 Å². The molecule has 2 aliphatic heterocycles. The Morgan fingerprint density at radius 1 is 1.32 bits per heavy atom. The van der Waals surface area contributed by atoms with Crippen molar-refractivity contribution in [3.05, 3.63) is 17.5 Å². The topological polar surface area (TPSA) is 85.8 Å². The van der Waals surface area contributed by atoms with Gasteiger partial charge in [-0.2, -0.15) is 0 Å². The zero-order valence-corrected chi connectivity index (χ0v) is 14.9. The molecule has 1 N–H and O–H groups in total. The summed E-state index contributed by atoms with van der Waals surface area (Å²) in [7, 11) is 1.65. The maximum absolute atomic E-state index is 12.3. The molecule has 1 amide bonds. The molecule has 3 heterocycles. The monoisotopic (exact) mass is 350 g/mol. The largest absolute Gasteiger partial charge is 0.385 e. The van der Waals surface area contributed by atoms with Gasteiger partial charge in [0.2, 0.25) is 5.95 Å². The van der Waals surface area contributed by atoms with E-state index < -0.39 is 5.79 Å². The van der Waals surface area contributed by atoms with E-state index in [2.05, 4.69) is 20.2 Å². The third-order valence-corrected chi connectivity index (χ3v) is 4.51. The molecule has 2 fully saturated rings. The standard InChI is InChI=1S/C17H26N4O4/c1-13-12-14(15(22)18-6-3-9-23-2)20-16(19-13)21-7-4-17(5-8-21)24-10-11-25-17/h12H,3-11H2,1-2H3,(H,18,22). The Hall–Kier alpha value is -1.77. The van der Waals surface area contributed by atoms with E-state index in [-0.39, 0.29) is 5.91 Å². The van der Waals surface area contributed by atoms with Gasteiger partial charge in [0.1, 0.15) is 5.69 Å². The number of amides is 1. The summed E-state index contributed by atoms with van der Waals surface area (Å²) in [5, 5.41) is 2.86. The molecule has 138 valence electrons. The third kappa shape index (κ3) is 4.45. The van der Waals surface area contributed by atoms with Crippen molar-refractivity contribution in [2.24, 2.45) is 0 Å². The minimum Gasteiger partial charge on any atom is -0.385 e. The molecule has 0 radical (unpaired) electrons. The molecule has 0 unspecified atom stereocenters. The second-order valence-corrected chi connectivity index (χ2v) is 6.39. The molecule has 0 saturated carbocycles. The van der Waals surface area contributed by atoms with E-state index in [1.807, 2.05) is 6.92 Å². The lowest BCUT2D eigenvalue weighted by Gasteiger charge is -2.37. The average molecular weight is 350 g/mol. The highest BCUT2D eigenvalue weighted by Crippen LogP contribution is 2.32. The molecule has 2 aliphatic rings. The number of aryl methyl sites for hydroxylation is 1. The molecule has 2 saturated heterocycles. The van der Waals surface area contributed by atoms with Crippen LogP contribution in [0, 0.1) is 6.92 Å². The molecule has 3 rings (SSSR count). The lowest BCUT2D eigenvalue weighted by atomic mass is 10.0. The van der Waals surface area contributed by atoms with Gasteiger partial charge in [-0.15, -0.1) is 0 Å². The van der Waals surface area contributed by atoms with Gasteiger partial charge in [0, 0.05) is 51.9 Å². The number of piperidine rings is 1. The van der Waals surface area contributed by atoms with Gasteiger partial charge in [-0.25, -0.2) is 9.97 Å². The first kappa shape index (κ1) is 18.0. The van der Waals surface area contributed by atoms with Gasteiger partial charge in [-0.3, -0.25) is 4.79 Å². The molecule has 0 aromatic carbocycles. The van der Waals surface area contributed by atoms with Crippen LogP contribution >= 0.6 is 0 Å². The van der Waals surface area contributed by atoms with E-state index >= 15 is 0 Å². The van der Waals surface area contributed by atoms with E-state index in [9.17, 15) is 4.79 Å². The number of anilines is 1. The lowest BCUT2D eigenvalue weighted by Crippen LogP contribution is -2.46. The Morgan fingerprint density at radius 2 is 2.04 bits per heavy atom. The number of nitrogens with zero attached hydrogens (tertiary/aromatic N) is 3. The number of ether oxygens (including phenoxy) is 3. The molecule has 1 aromatic heterocycles. The van der Waals surface area contributed by atoms with E-state index in [0.29, 0.717) is 38.0 Å². The molecule has 0 aliphatic carbocycles. The van der Waals surface area contributed by atoms with Crippen LogP contribution in [0.15, 0.2) is 6.07 Å². The normalized spacial score (nSPS) is 19.4. The second kappa shape index (κ2) is 8.07. The third-order valence-electron chi connectivity index (χ3n) is 4.51. The number of carbonyl (C=O) groups excluding carboxylic acids is 1. The molecule has 25 heavy (non-hydrogen) atoms. The fourth-order valence-electron chi connectivity index (χ4n) is 3.15. The summed E-state index contributed by atoms with van der Waals surface area (Å²) in [5.41, 5.74) is 1.18. The van der Waals surface area contributed by atoms with Crippen molar-refractivity contribution in [2.45, 2.75) is 32.0 Å². The highest BCUT2D eigenvalue weighted by Gasteiger charge is 2.40. The molecule has 8 heteroatoms. The molecular weight excluding hydrogens is 324 g/mol. The van der Waals surface area contributed by atoms with Crippen molar-refractivity contribution in [1.29, 1.82) is 0 Å². The Balaban J connectivity index is 1.62. The summed E-state index contributed by atoms with van der Waals surface area (Å²) in [6, 6.07) is 1.71. The van der Waals surface area contributed by atoms with Gasteiger partial charge < -0.3 is 24.4 Å². The zero-order valence-electron chi connectivity index (χ0n) is 14.9. The molecule has 1 spiro atoms. The first-order valence-corrected chi connectivity index (χ1v) is 8.78. The number of hydrogen-bond donors (Lipinski definition) is 1. The Bertz CT molecular complexity index is 594. The Morgan fingerprint density at radius 3 is 2.72 bits per heavy atom. The Kier molecular flexibility index (Phi) is 5.82. The second-order valence-electron chi connectivity index (χ2n) is 6.39. The highest BCUT2D eigenvalue weighted by molar-refractivity contribution is 5.92. The molecule has 1 aromatic rings. The zero-order chi connectivity index (χ0) is 17.7. The van der Waals surface area contributed by atoms with E-state index in [4.69, 9.17) is 14.2 Å². The first-order chi connectivity index (χ1) is 12.1. The van der Waals surface area contributed by atoms with Crippen LogP contribution in [-0.4, -0.2) is 68.2 Å². The lowest BCUT2D eigenvalue weighted by molar-refractivity contribution is -0.169. The van der Waals surface area contributed by atoms with Gasteiger partial charge in [0.05, 0.1) is 13.2 Å². The molecular formula is C17H26N4O4. The summed E-state index contributed by atoms with van der Waals surface area (Å²) in [5.74, 6) is -0.0179. The van der Waals surface area contributed by atoms with Crippen molar-refractivity contribution in [3.63, 3.8) is 0 Å². The maximum atomic E-state index is 12.3. The minimum atomic E-state index is -0.429. The van der Waals surface area contributed by atoms with Gasteiger partial charge in [-0.05, 0) is 19.4 Å². The van der Waals surface area contributed by atoms with Crippen LogP contribution < -0.4 is 10.2 Å². The van der Waals surface area contributed by atoms with Crippen LogP contribution in [0.3, 0.4) is 0 Å². The van der Waals surface area contributed by atoms with Crippen LogP contribution in [0.4, 0.5) is 5.95 Å². The number of nitrogens with one attached hydrogen (secondary N) is 1. The minimum absolute atomic E-state index is 0.182. The maximum Gasteiger partial charge on any atom is 0.270 e. The summed E-state index contributed by atoms with van der Waals surface area (Å²) < 4.78 is 16.5. The molecule has 0 bridgehead atoms. The summed E-state index contributed by atoms with van der Waals surface area (Å²) >= 11 is 0. The predicted octanol–water partition coefficient (Wildman–Crippen LogP) is 0.895. The van der Waals surface area contributed by atoms with Crippen LogP contribution in [0.5, 0.6) is 0 Å². The van der Waals surface area contributed by atoms with Crippen LogP contribution in [-0.2, 0) is 14.2 Å². The number of methoxy groups -OCH3 is 1. The van der Waals surface area contributed by atoms with Crippen molar-refractivity contribution < 1.29 is 19.0 Å². The van der Waals surface area contributed by atoms with Gasteiger partial charge in [0.15, 0.2) is 5.79 Å². The SMILES string of the molecule is COCCCNC(=O)c1cc(C)nc(N2CCC3(CC2)OCCO3)n1. The van der Waals surface area contributed by atoms with Crippen LogP contribution in [0.1, 0.15) is 35.4 Å². The quantitative estimate of drug-likeness (QED) is 0.763. The fraction of sp³-hybridized carbons (Fsp3) is 0.706. The van der Waals surface area contributed by atoms with Crippen molar-refractivity contribution in [1.82, 2.24) is 15.3 Å². The molecule has 0 atom stereocenters. The number of carbonyl (C=O) groups is 1. The Labute approximate surface area is 147 Å². The number of aromatic nitrogens is 2. The van der Waals surface area contributed by atoms with Crippen LogP contribution in [0.2, 0.25) is 0 Å². The highest BCUT2D eigenvalue weighted by atomic mass is 16.7. The predicted molar refractivity (Wildman–Crippen MR) is 91.7 cm³/mol. The smallest absolute Gasteiger partial charge is 0.270 e. The summed E-state index contributed by atoms with van der Waals surface area (Å²) in [4.78, 5) is 23.3. The van der Waals surface area contributed by atoms with E-state index in [1.54, 1.807) is 13.2 Å². The average Bonchev–Trinajstić information content (AvgIpc) is 3.06. The van der Waals surface area contributed by atoms with Gasteiger partial charge in [-0.1, -0.05) is 0 Å². The number of rotatable bonds is 6. The van der Waals surface area contributed by atoms with Crippen molar-refractivity contribution in [3.8, 4) is 0 Å². The van der Waals surface area contributed by atoms with E-state index in [1.165, 1.54) is 0 Å². The number of hydrogen-bond acceptors (Lipinski definition) is 7. The summed E-state index contributed by atoms with van der Waals surface area (Å²) in [6.07, 6.45) is 2.33. The van der Waals surface area contributed by atoms with Crippen LogP contribution in [0.25, 0.3) is 0 Å². The van der Waals surface area contributed by atoms with Gasteiger partial charge >= 0.3 is 0 Å². The van der Waals surface area contributed by atoms with E-state index in [0.717, 1.165) is 38.0 Å². The van der Waals surface area contributed by atoms with Gasteiger partial charge in [0.25, 0.3) is 5.91 Å². The summed E-state index contributed by atoms with van der Waals surface area (Å²) in [6.45, 7) is 5.88. The fourth-order valence-corrected chi connectivity index (χ4v) is 3.15. The van der Waals surface area contributed by atoms with Crippen molar-refractivity contribution >= 4 is 11.9 Å².